The van der Waals surface area contributed by atoms with Gasteiger partial charge in [-0.15, -0.1) is 0 Å². The lowest BCUT2D eigenvalue weighted by Gasteiger charge is -2.20. The molecule has 1 amide bonds. The van der Waals surface area contributed by atoms with Crippen LogP contribution >= 0.6 is 22.9 Å². The fourth-order valence-electron chi connectivity index (χ4n) is 4.20. The van der Waals surface area contributed by atoms with Gasteiger partial charge in [0, 0.05) is 23.7 Å². The summed E-state index contributed by atoms with van der Waals surface area (Å²) in [6.45, 7) is 0.399. The van der Waals surface area contributed by atoms with Crippen molar-refractivity contribution < 1.29 is 32.6 Å². The van der Waals surface area contributed by atoms with Crippen molar-refractivity contribution in [3.8, 4) is 5.75 Å². The number of carbonyl (C=O) groups is 1. The van der Waals surface area contributed by atoms with Crippen LogP contribution in [0.2, 0.25) is 5.02 Å². The Morgan fingerprint density at radius 3 is 2.52 bits per heavy atom. The summed E-state index contributed by atoms with van der Waals surface area (Å²) in [5.74, 6) is -1.70. The van der Waals surface area contributed by atoms with Crippen molar-refractivity contribution in [2.24, 2.45) is 0 Å². The smallest absolute Gasteiger partial charge is 0.271 e. The Kier molecular flexibility index (Phi) is 8.31. The molecule has 1 fully saturated rings. The summed E-state index contributed by atoms with van der Waals surface area (Å²) in [4.78, 5) is 22.5. The lowest BCUT2D eigenvalue weighted by Crippen LogP contribution is -2.28. The minimum Gasteiger partial charge on any atom is -0.473 e. The number of benzene rings is 2. The fraction of sp³-hybridized carbons (Fsp3) is 0.269. The molecule has 10 nitrogen and oxygen atoms in total. The molecule has 1 saturated heterocycles. The molecule has 2 aromatic carbocycles. The van der Waals surface area contributed by atoms with Crippen LogP contribution in [0, 0.1) is 5.82 Å². The molecule has 3 heterocycles. The van der Waals surface area contributed by atoms with Gasteiger partial charge in [0.1, 0.15) is 16.5 Å². The predicted octanol–water partition coefficient (Wildman–Crippen LogP) is 4.05. The number of nitrogens with zero attached hydrogens (tertiary/aromatic N) is 3. The number of pyridine rings is 1. The summed E-state index contributed by atoms with van der Waals surface area (Å²) in [7, 11) is -3.68. The molecule has 4 aromatic rings. The van der Waals surface area contributed by atoms with Crippen LogP contribution < -0.4 is 10.1 Å². The number of hydrogen-bond donors (Lipinski definition) is 3. The van der Waals surface area contributed by atoms with Crippen molar-refractivity contribution in [2.75, 3.05) is 25.0 Å². The first-order valence-corrected chi connectivity index (χ1v) is 14.9. The van der Waals surface area contributed by atoms with Crippen LogP contribution in [0.5, 0.6) is 5.75 Å². The van der Waals surface area contributed by atoms with E-state index in [0.717, 1.165) is 30.2 Å². The van der Waals surface area contributed by atoms with Gasteiger partial charge in [-0.05, 0) is 55.3 Å². The van der Waals surface area contributed by atoms with Crippen molar-refractivity contribution in [3.05, 3.63) is 76.7 Å². The van der Waals surface area contributed by atoms with Gasteiger partial charge in [-0.1, -0.05) is 35.1 Å². The molecule has 0 radical (unpaired) electrons. The molecule has 3 N–H and O–H groups in total. The Hall–Kier alpha value is -3.20. The van der Waals surface area contributed by atoms with Crippen molar-refractivity contribution >= 4 is 54.3 Å². The molecule has 0 saturated carbocycles. The maximum atomic E-state index is 14.6. The van der Waals surface area contributed by atoms with Crippen molar-refractivity contribution in [2.45, 2.75) is 29.9 Å². The Labute approximate surface area is 238 Å². The van der Waals surface area contributed by atoms with E-state index in [1.54, 1.807) is 6.07 Å². The van der Waals surface area contributed by atoms with E-state index in [4.69, 9.17) is 16.3 Å². The molecule has 0 aliphatic carbocycles. The number of amides is 1. The molecule has 1 aliphatic rings. The van der Waals surface area contributed by atoms with Crippen molar-refractivity contribution in [3.63, 3.8) is 0 Å². The van der Waals surface area contributed by atoms with Crippen LogP contribution in [0.3, 0.4) is 0 Å². The van der Waals surface area contributed by atoms with Gasteiger partial charge in [-0.2, -0.15) is 4.31 Å². The molecule has 210 valence electrons. The van der Waals surface area contributed by atoms with E-state index in [1.807, 2.05) is 0 Å². The second-order valence-electron chi connectivity index (χ2n) is 9.02. The van der Waals surface area contributed by atoms with Gasteiger partial charge in [0.25, 0.3) is 5.91 Å². The van der Waals surface area contributed by atoms with Gasteiger partial charge in [-0.25, -0.2) is 22.8 Å². The average Bonchev–Trinajstić information content (AvgIpc) is 3.62. The number of aromatic nitrogens is 2. The summed E-state index contributed by atoms with van der Waals surface area (Å²) in [5, 5.41) is 22.0. The van der Waals surface area contributed by atoms with E-state index in [1.165, 1.54) is 46.8 Å². The Bertz CT molecular complexity index is 1640. The minimum absolute atomic E-state index is 0.0769. The van der Waals surface area contributed by atoms with E-state index in [9.17, 15) is 27.8 Å². The molecule has 2 atom stereocenters. The molecule has 2 aromatic heterocycles. The van der Waals surface area contributed by atoms with Gasteiger partial charge in [0.15, 0.2) is 16.7 Å². The van der Waals surface area contributed by atoms with Crippen LogP contribution in [-0.2, 0) is 14.8 Å². The van der Waals surface area contributed by atoms with E-state index in [-0.39, 0.29) is 32.1 Å². The summed E-state index contributed by atoms with van der Waals surface area (Å²) in [6, 6.07) is 12.5. The van der Waals surface area contributed by atoms with E-state index >= 15 is 0 Å². The molecule has 0 spiro atoms. The summed E-state index contributed by atoms with van der Waals surface area (Å²) < 4.78 is 47.7. The third-order valence-corrected chi connectivity index (χ3v) is 9.31. The number of carbonyl (C=O) groups excluding carboxylic acids is 1. The van der Waals surface area contributed by atoms with E-state index in [2.05, 4.69) is 15.3 Å². The van der Waals surface area contributed by atoms with Crippen LogP contribution in [0.15, 0.2) is 59.5 Å². The van der Waals surface area contributed by atoms with E-state index in [0.29, 0.717) is 23.4 Å². The standard InChI is InChI=1S/C26H24ClFN4O6S2/c27-16-5-10-22(18(28)13-16)38-23(15-3-6-17(7-4-15)40(36,37)32-11-1-2-12-32)24(35)31-26-30-20-9-8-19(21(34)14-33)29-25(20)39-26/h3-10,13,21,23,33-34H,1-2,11-12,14H2,(H,30,31,35). The van der Waals surface area contributed by atoms with Gasteiger partial charge < -0.3 is 14.9 Å². The first kappa shape index (κ1) is 28.3. The Morgan fingerprint density at radius 2 is 1.85 bits per heavy atom. The molecule has 5 rings (SSSR count). The zero-order valence-electron chi connectivity index (χ0n) is 20.8. The normalized spacial score (nSPS) is 15.7. The molecule has 2 unspecified atom stereocenters. The molecule has 14 heteroatoms. The highest BCUT2D eigenvalue weighted by molar-refractivity contribution is 7.89. The third kappa shape index (κ3) is 5.94. The maximum absolute atomic E-state index is 14.6. The predicted molar refractivity (Wildman–Crippen MR) is 147 cm³/mol. The lowest BCUT2D eigenvalue weighted by atomic mass is 10.1. The molecule has 0 bridgehead atoms. The topological polar surface area (TPSA) is 142 Å². The molecular weight excluding hydrogens is 583 g/mol. The van der Waals surface area contributed by atoms with Crippen LogP contribution in [0.4, 0.5) is 9.52 Å². The maximum Gasteiger partial charge on any atom is 0.271 e. The quantitative estimate of drug-likeness (QED) is 0.259. The highest BCUT2D eigenvalue weighted by atomic mass is 35.5. The van der Waals surface area contributed by atoms with Gasteiger partial charge in [0.2, 0.25) is 16.1 Å². The number of anilines is 1. The second-order valence-corrected chi connectivity index (χ2v) is 12.4. The first-order valence-electron chi connectivity index (χ1n) is 12.2. The van der Waals surface area contributed by atoms with Crippen LogP contribution in [-0.4, -0.2) is 58.5 Å². The zero-order chi connectivity index (χ0) is 28.4. The summed E-state index contributed by atoms with van der Waals surface area (Å²) in [5.41, 5.74) is 0.978. The number of aliphatic hydroxyl groups excluding tert-OH is 2. The number of thiazole rings is 1. The summed E-state index contributed by atoms with van der Waals surface area (Å²) >= 11 is 6.89. The Morgan fingerprint density at radius 1 is 1.12 bits per heavy atom. The minimum atomic E-state index is -3.68. The number of hydrogen-bond acceptors (Lipinski definition) is 9. The van der Waals surface area contributed by atoms with Crippen molar-refractivity contribution in [1.82, 2.24) is 14.3 Å². The number of halogens is 2. The number of ether oxygens (including phenoxy) is 1. The number of sulfonamides is 1. The van der Waals surface area contributed by atoms with Crippen molar-refractivity contribution in [1.29, 1.82) is 0 Å². The number of rotatable bonds is 9. The van der Waals surface area contributed by atoms with E-state index < -0.39 is 40.6 Å². The fourth-order valence-corrected chi connectivity index (χ4v) is 6.72. The molecular formula is C26H24ClFN4O6S2. The number of aliphatic hydroxyl groups is 2. The highest BCUT2D eigenvalue weighted by Crippen LogP contribution is 2.31. The first-order chi connectivity index (χ1) is 19.2. The monoisotopic (exact) mass is 606 g/mol. The second kappa shape index (κ2) is 11.7. The summed E-state index contributed by atoms with van der Waals surface area (Å²) in [6.07, 6.45) is -0.949. The average molecular weight is 607 g/mol. The van der Waals surface area contributed by atoms with Gasteiger partial charge >= 0.3 is 0 Å². The number of nitrogens with one attached hydrogen (secondary N) is 1. The highest BCUT2D eigenvalue weighted by Gasteiger charge is 2.29. The SMILES string of the molecule is O=C(Nc1nc2ccc(C(O)CO)nc2s1)C(Oc1ccc(Cl)cc1F)c1ccc(S(=O)(=O)N2CCCC2)cc1. The largest absolute Gasteiger partial charge is 0.473 e. The number of fused-ring (bicyclic) bond motifs is 1. The molecule has 1 aliphatic heterocycles. The third-order valence-electron chi connectivity index (χ3n) is 6.28. The molecule has 40 heavy (non-hydrogen) atoms. The Balaban J connectivity index is 1.44. The van der Waals surface area contributed by atoms with Gasteiger partial charge in [0.05, 0.1) is 17.2 Å². The lowest BCUT2D eigenvalue weighted by molar-refractivity contribution is -0.123. The van der Waals surface area contributed by atoms with Gasteiger partial charge in [-0.3, -0.25) is 10.1 Å². The zero-order valence-corrected chi connectivity index (χ0v) is 23.2. The van der Waals surface area contributed by atoms with Crippen LogP contribution in [0.1, 0.15) is 36.3 Å². The van der Waals surface area contributed by atoms with Crippen LogP contribution in [0.25, 0.3) is 10.3 Å².